The fraction of sp³-hybridized carbons (Fsp3) is 0.0833. The van der Waals surface area contributed by atoms with Crippen LogP contribution in [0.25, 0.3) is 0 Å². The number of rotatable bonds is 4. The molecule has 2 rings (SSSR count). The Morgan fingerprint density at radius 3 is 2.76 bits per heavy atom. The fourth-order valence-corrected chi connectivity index (χ4v) is 2.91. The van der Waals surface area contributed by atoms with E-state index in [9.17, 15) is 0 Å². The van der Waals surface area contributed by atoms with Crippen LogP contribution in [-0.4, -0.2) is 4.99 Å². The average molecular weight is 328 g/mol. The molecule has 1 aromatic carbocycles. The highest BCUT2D eigenvalue weighted by Gasteiger charge is 2.07. The van der Waals surface area contributed by atoms with Gasteiger partial charge in [-0.25, -0.2) is 0 Å². The number of thiocarbonyl (C=S) groups is 1. The molecule has 5 heteroatoms. The summed E-state index contributed by atoms with van der Waals surface area (Å²) in [4.78, 5) is 1.49. The second-order valence-corrected chi connectivity index (χ2v) is 5.64. The number of halogens is 1. The van der Waals surface area contributed by atoms with E-state index >= 15 is 0 Å². The second kappa shape index (κ2) is 5.62. The molecule has 0 spiro atoms. The molecule has 2 aromatic rings. The van der Waals surface area contributed by atoms with Crippen molar-refractivity contribution in [2.75, 3.05) is 0 Å². The standard InChI is InChI=1S/C12H10BrNOS2/c13-9-5-6-17-11(9)7-15-10-4-2-1-3-8(10)12(14)16/h1-6H,7H2,(H2,14,16). The number of thiophene rings is 1. The lowest BCUT2D eigenvalue weighted by Gasteiger charge is -2.09. The van der Waals surface area contributed by atoms with Crippen LogP contribution in [-0.2, 0) is 6.61 Å². The number of nitrogens with two attached hydrogens (primary N) is 1. The molecule has 0 amide bonds. The van der Waals surface area contributed by atoms with Gasteiger partial charge < -0.3 is 10.5 Å². The van der Waals surface area contributed by atoms with Gasteiger partial charge in [-0.2, -0.15) is 0 Å². The molecule has 0 aliphatic carbocycles. The van der Waals surface area contributed by atoms with Crippen molar-refractivity contribution in [3.63, 3.8) is 0 Å². The molecule has 0 bridgehead atoms. The van der Waals surface area contributed by atoms with Crippen molar-refractivity contribution in [1.82, 2.24) is 0 Å². The van der Waals surface area contributed by atoms with Crippen LogP contribution in [0.4, 0.5) is 0 Å². The predicted molar refractivity (Wildman–Crippen MR) is 78.7 cm³/mol. The summed E-state index contributed by atoms with van der Waals surface area (Å²) < 4.78 is 6.80. The van der Waals surface area contributed by atoms with E-state index in [0.717, 1.165) is 20.7 Å². The number of hydrogen-bond donors (Lipinski definition) is 1. The monoisotopic (exact) mass is 327 g/mol. The van der Waals surface area contributed by atoms with Gasteiger partial charge in [-0.15, -0.1) is 11.3 Å². The normalized spacial score (nSPS) is 10.2. The van der Waals surface area contributed by atoms with Gasteiger partial charge >= 0.3 is 0 Å². The van der Waals surface area contributed by atoms with Gasteiger partial charge in [-0.3, -0.25) is 0 Å². The lowest BCUT2D eigenvalue weighted by atomic mass is 10.2. The van der Waals surface area contributed by atoms with Crippen molar-refractivity contribution < 1.29 is 4.74 Å². The summed E-state index contributed by atoms with van der Waals surface area (Å²) in [5, 5.41) is 2.02. The third-order valence-corrected chi connectivity index (χ3v) is 4.32. The average Bonchev–Trinajstić information content (AvgIpc) is 2.72. The zero-order valence-corrected chi connectivity index (χ0v) is 12.1. The molecule has 1 aromatic heterocycles. The van der Waals surface area contributed by atoms with E-state index in [-0.39, 0.29) is 0 Å². The molecule has 0 atom stereocenters. The molecule has 0 saturated carbocycles. The SMILES string of the molecule is NC(=S)c1ccccc1OCc1sccc1Br. The van der Waals surface area contributed by atoms with E-state index in [0.29, 0.717) is 11.6 Å². The smallest absolute Gasteiger partial charge is 0.130 e. The molecular formula is C12H10BrNOS2. The Bertz CT molecular complexity index is 539. The number of benzene rings is 1. The zero-order valence-electron chi connectivity index (χ0n) is 8.85. The van der Waals surface area contributed by atoms with Crippen molar-refractivity contribution in [3.8, 4) is 5.75 Å². The van der Waals surface area contributed by atoms with Crippen LogP contribution < -0.4 is 10.5 Å². The summed E-state index contributed by atoms with van der Waals surface area (Å²) in [5.74, 6) is 0.722. The lowest BCUT2D eigenvalue weighted by Crippen LogP contribution is -2.11. The maximum Gasteiger partial charge on any atom is 0.130 e. The third kappa shape index (κ3) is 3.06. The Morgan fingerprint density at radius 2 is 2.12 bits per heavy atom. The Balaban J connectivity index is 2.14. The van der Waals surface area contributed by atoms with E-state index in [1.807, 2.05) is 35.7 Å². The van der Waals surface area contributed by atoms with Gasteiger partial charge in [-0.1, -0.05) is 24.4 Å². The van der Waals surface area contributed by atoms with Crippen molar-refractivity contribution in [2.45, 2.75) is 6.61 Å². The van der Waals surface area contributed by atoms with Crippen LogP contribution in [0.15, 0.2) is 40.2 Å². The molecule has 2 nitrogen and oxygen atoms in total. The third-order valence-electron chi connectivity index (χ3n) is 2.20. The second-order valence-electron chi connectivity index (χ2n) is 3.34. The van der Waals surface area contributed by atoms with Gasteiger partial charge in [0.2, 0.25) is 0 Å². The largest absolute Gasteiger partial charge is 0.487 e. The van der Waals surface area contributed by atoms with Gasteiger partial charge in [0, 0.05) is 4.47 Å². The van der Waals surface area contributed by atoms with Gasteiger partial charge in [-0.05, 0) is 39.5 Å². The summed E-state index contributed by atoms with van der Waals surface area (Å²) in [7, 11) is 0. The Morgan fingerprint density at radius 1 is 1.35 bits per heavy atom. The fourth-order valence-electron chi connectivity index (χ4n) is 1.37. The van der Waals surface area contributed by atoms with Gasteiger partial charge in [0.1, 0.15) is 17.3 Å². The number of ether oxygens (including phenoxy) is 1. The first-order chi connectivity index (χ1) is 8.18. The van der Waals surface area contributed by atoms with Crippen LogP contribution in [0.2, 0.25) is 0 Å². The minimum Gasteiger partial charge on any atom is -0.487 e. The van der Waals surface area contributed by atoms with E-state index in [2.05, 4.69) is 15.9 Å². The first kappa shape index (κ1) is 12.5. The van der Waals surface area contributed by atoms with Crippen molar-refractivity contribution in [3.05, 3.63) is 50.6 Å². The van der Waals surface area contributed by atoms with Crippen LogP contribution >= 0.6 is 39.5 Å². The summed E-state index contributed by atoms with van der Waals surface area (Å²) in [6.45, 7) is 0.512. The van der Waals surface area contributed by atoms with Gasteiger partial charge in [0.15, 0.2) is 0 Å². The molecule has 17 heavy (non-hydrogen) atoms. The first-order valence-corrected chi connectivity index (χ1v) is 7.00. The molecule has 1 heterocycles. The van der Waals surface area contributed by atoms with Crippen LogP contribution in [0.1, 0.15) is 10.4 Å². The maximum atomic E-state index is 5.74. The first-order valence-electron chi connectivity index (χ1n) is 4.92. The van der Waals surface area contributed by atoms with Crippen molar-refractivity contribution >= 4 is 44.5 Å². The molecule has 0 aliphatic rings. The van der Waals surface area contributed by atoms with Crippen LogP contribution in [0.5, 0.6) is 5.75 Å². The topological polar surface area (TPSA) is 35.2 Å². The van der Waals surface area contributed by atoms with E-state index in [1.54, 1.807) is 11.3 Å². The van der Waals surface area contributed by atoms with Crippen LogP contribution in [0, 0.1) is 0 Å². The molecule has 0 aliphatic heterocycles. The number of hydrogen-bond acceptors (Lipinski definition) is 3. The minimum atomic E-state index is 0.353. The summed E-state index contributed by atoms with van der Waals surface area (Å²) in [6.07, 6.45) is 0. The summed E-state index contributed by atoms with van der Waals surface area (Å²) >= 11 is 10.1. The lowest BCUT2D eigenvalue weighted by molar-refractivity contribution is 0.308. The van der Waals surface area contributed by atoms with Gasteiger partial charge in [0.25, 0.3) is 0 Å². The highest BCUT2D eigenvalue weighted by Crippen LogP contribution is 2.25. The predicted octanol–water partition coefficient (Wildman–Crippen LogP) is 3.72. The molecular weight excluding hydrogens is 318 g/mol. The van der Waals surface area contributed by atoms with E-state index in [4.69, 9.17) is 22.7 Å². The van der Waals surface area contributed by atoms with Crippen molar-refractivity contribution in [2.24, 2.45) is 5.73 Å². The highest BCUT2D eigenvalue weighted by molar-refractivity contribution is 9.10. The van der Waals surface area contributed by atoms with E-state index in [1.165, 1.54) is 0 Å². The summed E-state index contributed by atoms with van der Waals surface area (Å²) in [6, 6.07) is 9.53. The minimum absolute atomic E-state index is 0.353. The Hall–Kier alpha value is -0.910. The summed E-state index contributed by atoms with van der Waals surface area (Å²) in [5.41, 5.74) is 6.41. The molecule has 0 unspecified atom stereocenters. The van der Waals surface area contributed by atoms with E-state index < -0.39 is 0 Å². The molecule has 2 N–H and O–H groups in total. The van der Waals surface area contributed by atoms with Crippen LogP contribution in [0.3, 0.4) is 0 Å². The quantitative estimate of drug-likeness (QED) is 0.869. The number of para-hydroxylation sites is 1. The molecule has 88 valence electrons. The molecule has 0 saturated heterocycles. The van der Waals surface area contributed by atoms with Gasteiger partial charge in [0.05, 0.1) is 10.4 Å². The molecule has 0 fully saturated rings. The van der Waals surface area contributed by atoms with Crippen molar-refractivity contribution in [1.29, 1.82) is 0 Å². The Labute approximate surface area is 118 Å². The zero-order chi connectivity index (χ0) is 12.3. The Kier molecular flexibility index (Phi) is 4.15. The maximum absolute atomic E-state index is 5.74. The highest BCUT2D eigenvalue weighted by atomic mass is 79.9. The molecule has 0 radical (unpaired) electrons.